The van der Waals surface area contributed by atoms with Crippen LogP contribution in [-0.4, -0.2) is 37.0 Å². The molecule has 1 atom stereocenters. The number of aryl methyl sites for hydroxylation is 1. The number of likely N-dealkylation sites (N-methyl/N-ethyl adjacent to an activating group) is 1. The lowest BCUT2D eigenvalue weighted by atomic mass is 10.0. The van der Waals surface area contributed by atoms with Gasteiger partial charge in [0.05, 0.1) is 6.54 Å². The van der Waals surface area contributed by atoms with Crippen molar-refractivity contribution in [3.8, 4) is 0 Å². The number of amides is 1. The molecule has 0 radical (unpaired) electrons. The Kier molecular flexibility index (Phi) is 6.85. The van der Waals surface area contributed by atoms with Crippen LogP contribution < -0.4 is 11.1 Å². The average Bonchev–Trinajstić information content (AvgIpc) is 2.41. The number of nitrogens with two attached hydrogens (primary N) is 1. The minimum absolute atomic E-state index is 0.0179. The van der Waals surface area contributed by atoms with E-state index in [1.54, 1.807) is 0 Å². The van der Waals surface area contributed by atoms with Crippen LogP contribution in [0.15, 0.2) is 18.2 Å². The van der Waals surface area contributed by atoms with Crippen molar-refractivity contribution in [1.29, 1.82) is 0 Å². The minimum atomic E-state index is 0.0179. The Hall–Kier alpha value is -1.39. The molecule has 1 aromatic rings. The van der Waals surface area contributed by atoms with Gasteiger partial charge in [-0.1, -0.05) is 26.0 Å². The third kappa shape index (κ3) is 5.86. The molecule has 1 aromatic carbocycles. The summed E-state index contributed by atoms with van der Waals surface area (Å²) in [5.41, 5.74) is 9.23. The Morgan fingerprint density at radius 3 is 2.62 bits per heavy atom. The number of carbonyl (C=O) groups excluding carboxylic acids is 1. The lowest BCUT2D eigenvalue weighted by molar-refractivity contribution is -0.117. The van der Waals surface area contributed by atoms with Gasteiger partial charge in [-0.2, -0.15) is 0 Å². The SMILES string of the molecule is Cc1cccc(NC(=O)CN(C)CCC(N)C(C)C)c1C. The van der Waals surface area contributed by atoms with Crippen molar-refractivity contribution in [2.75, 3.05) is 25.5 Å². The molecule has 4 heteroatoms. The molecule has 0 saturated heterocycles. The smallest absolute Gasteiger partial charge is 0.238 e. The number of anilines is 1. The third-order valence-corrected chi connectivity index (χ3v) is 3.99. The zero-order valence-electron chi connectivity index (χ0n) is 13.9. The van der Waals surface area contributed by atoms with Gasteiger partial charge in [0.2, 0.25) is 5.91 Å². The molecule has 1 unspecified atom stereocenters. The summed E-state index contributed by atoms with van der Waals surface area (Å²) in [6.07, 6.45) is 0.908. The fourth-order valence-corrected chi connectivity index (χ4v) is 2.10. The zero-order valence-corrected chi connectivity index (χ0v) is 13.9. The first-order chi connectivity index (χ1) is 9.81. The van der Waals surface area contributed by atoms with E-state index in [0.717, 1.165) is 24.2 Å². The van der Waals surface area contributed by atoms with Crippen LogP contribution in [0.3, 0.4) is 0 Å². The molecule has 0 saturated carbocycles. The maximum Gasteiger partial charge on any atom is 0.238 e. The van der Waals surface area contributed by atoms with Crippen LogP contribution in [0.5, 0.6) is 0 Å². The predicted octanol–water partition coefficient (Wildman–Crippen LogP) is 2.55. The molecule has 1 rings (SSSR count). The van der Waals surface area contributed by atoms with Crippen LogP contribution in [0.1, 0.15) is 31.4 Å². The Balaban J connectivity index is 2.44. The Bertz CT molecular complexity index is 471. The number of rotatable bonds is 7. The lowest BCUT2D eigenvalue weighted by Gasteiger charge is -2.21. The molecule has 1 amide bonds. The molecule has 21 heavy (non-hydrogen) atoms. The summed E-state index contributed by atoms with van der Waals surface area (Å²) in [5.74, 6) is 0.492. The van der Waals surface area contributed by atoms with Crippen molar-refractivity contribution in [3.63, 3.8) is 0 Å². The van der Waals surface area contributed by atoms with E-state index < -0.39 is 0 Å². The summed E-state index contributed by atoms with van der Waals surface area (Å²) in [6, 6.07) is 6.14. The number of carbonyl (C=O) groups is 1. The van der Waals surface area contributed by atoms with Crippen molar-refractivity contribution in [3.05, 3.63) is 29.3 Å². The van der Waals surface area contributed by atoms with Gasteiger partial charge in [0.1, 0.15) is 0 Å². The maximum atomic E-state index is 12.1. The second kappa shape index (κ2) is 8.15. The summed E-state index contributed by atoms with van der Waals surface area (Å²) in [5, 5.41) is 2.98. The molecule has 0 bridgehead atoms. The minimum Gasteiger partial charge on any atom is -0.327 e. The Morgan fingerprint density at radius 1 is 1.33 bits per heavy atom. The van der Waals surface area contributed by atoms with Crippen LogP contribution in [0.4, 0.5) is 5.69 Å². The van der Waals surface area contributed by atoms with Crippen molar-refractivity contribution >= 4 is 11.6 Å². The van der Waals surface area contributed by atoms with Gasteiger partial charge >= 0.3 is 0 Å². The summed E-state index contributed by atoms with van der Waals surface area (Å²) in [4.78, 5) is 14.1. The van der Waals surface area contributed by atoms with Crippen molar-refractivity contribution in [2.24, 2.45) is 11.7 Å². The lowest BCUT2D eigenvalue weighted by Crippen LogP contribution is -2.35. The monoisotopic (exact) mass is 291 g/mol. The van der Waals surface area contributed by atoms with Crippen LogP contribution in [0.2, 0.25) is 0 Å². The average molecular weight is 291 g/mol. The molecule has 4 nitrogen and oxygen atoms in total. The highest BCUT2D eigenvalue weighted by molar-refractivity contribution is 5.93. The molecule has 0 aromatic heterocycles. The molecule has 0 spiro atoms. The van der Waals surface area contributed by atoms with E-state index in [1.165, 1.54) is 5.56 Å². The molecule has 0 heterocycles. The summed E-state index contributed by atoms with van der Waals surface area (Å²) < 4.78 is 0. The Labute approximate surface area is 128 Å². The quantitative estimate of drug-likeness (QED) is 0.811. The van der Waals surface area contributed by atoms with Crippen molar-refractivity contribution in [2.45, 2.75) is 40.2 Å². The van der Waals surface area contributed by atoms with E-state index in [9.17, 15) is 4.79 Å². The first kappa shape index (κ1) is 17.7. The Morgan fingerprint density at radius 2 is 2.00 bits per heavy atom. The second-order valence-electron chi connectivity index (χ2n) is 6.23. The molecular weight excluding hydrogens is 262 g/mol. The van der Waals surface area contributed by atoms with Gasteiger partial charge in [0, 0.05) is 11.7 Å². The first-order valence-electron chi connectivity index (χ1n) is 7.61. The van der Waals surface area contributed by atoms with E-state index in [2.05, 4.69) is 19.2 Å². The van der Waals surface area contributed by atoms with Crippen LogP contribution in [0.25, 0.3) is 0 Å². The van der Waals surface area contributed by atoms with Gasteiger partial charge in [-0.3, -0.25) is 9.69 Å². The molecule has 0 aliphatic heterocycles. The molecule has 0 aliphatic carbocycles. The van der Waals surface area contributed by atoms with E-state index >= 15 is 0 Å². The summed E-state index contributed by atoms with van der Waals surface area (Å²) in [6.45, 7) is 9.54. The summed E-state index contributed by atoms with van der Waals surface area (Å²) >= 11 is 0. The zero-order chi connectivity index (χ0) is 16.0. The van der Waals surface area contributed by atoms with E-state index in [1.807, 2.05) is 44.0 Å². The van der Waals surface area contributed by atoms with E-state index in [0.29, 0.717) is 12.5 Å². The molecule has 0 aliphatic rings. The van der Waals surface area contributed by atoms with Gasteiger partial charge < -0.3 is 11.1 Å². The fourth-order valence-electron chi connectivity index (χ4n) is 2.10. The van der Waals surface area contributed by atoms with Gasteiger partial charge in [-0.15, -0.1) is 0 Å². The standard InChI is InChI=1S/C17H29N3O/c1-12(2)15(18)9-10-20(5)11-17(21)19-16-8-6-7-13(3)14(16)4/h6-8,12,15H,9-11,18H2,1-5H3,(H,19,21). The number of nitrogens with zero attached hydrogens (tertiary/aromatic N) is 1. The highest BCUT2D eigenvalue weighted by Crippen LogP contribution is 2.17. The fraction of sp³-hybridized carbons (Fsp3) is 0.588. The molecular formula is C17H29N3O. The predicted molar refractivity (Wildman–Crippen MR) is 89.5 cm³/mol. The van der Waals surface area contributed by atoms with Gasteiger partial charge in [0.15, 0.2) is 0 Å². The van der Waals surface area contributed by atoms with E-state index in [4.69, 9.17) is 5.73 Å². The number of benzene rings is 1. The number of hydrogen-bond donors (Lipinski definition) is 2. The molecule has 3 N–H and O–H groups in total. The normalized spacial score (nSPS) is 12.8. The summed E-state index contributed by atoms with van der Waals surface area (Å²) in [7, 11) is 1.95. The van der Waals surface area contributed by atoms with Gasteiger partial charge in [-0.05, 0) is 57.0 Å². The number of hydrogen-bond acceptors (Lipinski definition) is 3. The second-order valence-corrected chi connectivity index (χ2v) is 6.23. The highest BCUT2D eigenvalue weighted by atomic mass is 16.2. The highest BCUT2D eigenvalue weighted by Gasteiger charge is 2.12. The topological polar surface area (TPSA) is 58.4 Å². The van der Waals surface area contributed by atoms with Crippen molar-refractivity contribution in [1.82, 2.24) is 4.90 Å². The molecule has 0 fully saturated rings. The maximum absolute atomic E-state index is 12.1. The van der Waals surface area contributed by atoms with Crippen LogP contribution in [-0.2, 0) is 4.79 Å². The van der Waals surface area contributed by atoms with Crippen molar-refractivity contribution < 1.29 is 4.79 Å². The number of nitrogens with one attached hydrogen (secondary N) is 1. The first-order valence-corrected chi connectivity index (χ1v) is 7.61. The third-order valence-electron chi connectivity index (χ3n) is 3.99. The molecule has 118 valence electrons. The van der Waals surface area contributed by atoms with E-state index in [-0.39, 0.29) is 11.9 Å². The largest absolute Gasteiger partial charge is 0.327 e. The van der Waals surface area contributed by atoms with Gasteiger partial charge in [0.25, 0.3) is 0 Å². The van der Waals surface area contributed by atoms with Crippen LogP contribution >= 0.6 is 0 Å². The van der Waals surface area contributed by atoms with Crippen LogP contribution in [0, 0.1) is 19.8 Å². The van der Waals surface area contributed by atoms with Gasteiger partial charge in [-0.25, -0.2) is 0 Å².